The lowest BCUT2D eigenvalue weighted by Gasteiger charge is -2.21. The molecule has 0 unspecified atom stereocenters. The van der Waals surface area contributed by atoms with Gasteiger partial charge in [0.2, 0.25) is 0 Å². The van der Waals surface area contributed by atoms with Gasteiger partial charge in [0, 0.05) is 19.2 Å². The average molecular weight is 421 g/mol. The highest BCUT2D eigenvalue weighted by Gasteiger charge is 2.25. The van der Waals surface area contributed by atoms with Crippen LogP contribution in [0.15, 0.2) is 30.3 Å². The molecule has 28 heavy (non-hydrogen) atoms. The summed E-state index contributed by atoms with van der Waals surface area (Å²) in [7, 11) is 3.84. The lowest BCUT2D eigenvalue weighted by atomic mass is 10.3. The second kappa shape index (κ2) is 8.63. The summed E-state index contributed by atoms with van der Waals surface area (Å²) in [5, 5.41) is 11.5. The molecule has 1 aromatic carbocycles. The number of nitrogens with zero attached hydrogens (tertiary/aromatic N) is 4. The summed E-state index contributed by atoms with van der Waals surface area (Å²) in [5.74, 6) is 0.381. The third-order valence-corrected chi connectivity index (χ3v) is 5.97. The normalized spacial score (nSPS) is 11.1. The topological polar surface area (TPSA) is 88.8 Å². The minimum absolute atomic E-state index is 0.0566. The molecular weight excluding hydrogens is 400 g/mol. The SMILES string of the molecule is CCOc1cccc2sc(N(CCN(C)C)C(=O)c3ccc([N+](=O)[O-])s3)nc12. The first-order valence-corrected chi connectivity index (χ1v) is 10.3. The predicted molar refractivity (Wildman–Crippen MR) is 112 cm³/mol. The van der Waals surface area contributed by atoms with E-state index in [1.807, 2.05) is 44.1 Å². The van der Waals surface area contributed by atoms with Crippen molar-refractivity contribution in [2.75, 3.05) is 38.7 Å². The van der Waals surface area contributed by atoms with E-state index in [1.54, 1.807) is 4.90 Å². The van der Waals surface area contributed by atoms with Gasteiger partial charge in [0.25, 0.3) is 5.91 Å². The van der Waals surface area contributed by atoms with Gasteiger partial charge in [-0.3, -0.25) is 19.8 Å². The smallest absolute Gasteiger partial charge is 0.324 e. The lowest BCUT2D eigenvalue weighted by molar-refractivity contribution is -0.380. The summed E-state index contributed by atoms with van der Waals surface area (Å²) in [6.45, 7) is 3.48. The van der Waals surface area contributed by atoms with Crippen LogP contribution in [0.3, 0.4) is 0 Å². The van der Waals surface area contributed by atoms with Crippen LogP contribution in [0.1, 0.15) is 16.6 Å². The molecule has 2 heterocycles. The largest absolute Gasteiger partial charge is 0.492 e. The van der Waals surface area contributed by atoms with E-state index in [0.717, 1.165) is 16.0 Å². The molecule has 0 aliphatic carbocycles. The third-order valence-electron chi connectivity index (χ3n) is 3.90. The van der Waals surface area contributed by atoms with E-state index in [2.05, 4.69) is 4.98 Å². The number of thiophene rings is 1. The van der Waals surface area contributed by atoms with Gasteiger partial charge in [-0.05, 0) is 39.2 Å². The molecule has 0 fully saturated rings. The number of nitro groups is 1. The number of carbonyl (C=O) groups excluding carboxylic acids is 1. The number of fused-ring (bicyclic) bond motifs is 1. The second-order valence-corrected chi connectivity index (χ2v) is 8.26. The minimum atomic E-state index is -0.488. The standard InChI is InChI=1S/C18H20N4O4S2/c1-4-26-12-6-5-7-13-16(12)19-18(28-13)21(11-10-20(2)3)17(23)14-8-9-15(27-14)22(24)25/h5-9H,4,10-11H2,1-3H3. The van der Waals surface area contributed by atoms with E-state index in [4.69, 9.17) is 4.74 Å². The fourth-order valence-corrected chi connectivity index (χ4v) is 4.33. The van der Waals surface area contributed by atoms with Crippen LogP contribution in [-0.2, 0) is 0 Å². The van der Waals surface area contributed by atoms with Crippen LogP contribution in [0, 0.1) is 10.1 Å². The Morgan fingerprint density at radius 3 is 2.64 bits per heavy atom. The van der Waals surface area contributed by atoms with Crippen molar-refractivity contribution < 1.29 is 14.5 Å². The second-order valence-electron chi connectivity index (χ2n) is 6.19. The van der Waals surface area contributed by atoms with Crippen LogP contribution in [0.5, 0.6) is 5.75 Å². The maximum atomic E-state index is 13.1. The first-order valence-electron chi connectivity index (χ1n) is 8.64. The average Bonchev–Trinajstić information content (AvgIpc) is 3.29. The molecule has 0 spiro atoms. The van der Waals surface area contributed by atoms with E-state index < -0.39 is 4.92 Å². The van der Waals surface area contributed by atoms with Gasteiger partial charge in [-0.25, -0.2) is 4.98 Å². The van der Waals surface area contributed by atoms with Crippen molar-refractivity contribution in [1.82, 2.24) is 9.88 Å². The molecule has 0 radical (unpaired) electrons. The van der Waals surface area contributed by atoms with Gasteiger partial charge >= 0.3 is 5.00 Å². The molecule has 0 atom stereocenters. The Morgan fingerprint density at radius 1 is 1.21 bits per heavy atom. The van der Waals surface area contributed by atoms with Gasteiger partial charge in [-0.2, -0.15) is 0 Å². The predicted octanol–water partition coefficient (Wildman–Crippen LogP) is 3.87. The van der Waals surface area contributed by atoms with Crippen LogP contribution >= 0.6 is 22.7 Å². The van der Waals surface area contributed by atoms with Crippen molar-refractivity contribution in [2.24, 2.45) is 0 Å². The zero-order valence-electron chi connectivity index (χ0n) is 15.7. The number of likely N-dealkylation sites (N-methyl/N-ethyl adjacent to an activating group) is 1. The van der Waals surface area contributed by atoms with Gasteiger partial charge in [-0.15, -0.1) is 0 Å². The van der Waals surface area contributed by atoms with Gasteiger partial charge in [0.15, 0.2) is 5.13 Å². The van der Waals surface area contributed by atoms with Crippen molar-refractivity contribution in [3.05, 3.63) is 45.3 Å². The highest BCUT2D eigenvalue weighted by atomic mass is 32.1. The number of aromatic nitrogens is 1. The van der Waals surface area contributed by atoms with Gasteiger partial charge in [0.1, 0.15) is 11.3 Å². The van der Waals surface area contributed by atoms with E-state index in [1.165, 1.54) is 23.5 Å². The Bertz CT molecular complexity index is 999. The van der Waals surface area contributed by atoms with E-state index in [-0.39, 0.29) is 10.9 Å². The van der Waals surface area contributed by atoms with Crippen molar-refractivity contribution >= 4 is 48.9 Å². The van der Waals surface area contributed by atoms with Crippen molar-refractivity contribution in [2.45, 2.75) is 6.92 Å². The molecule has 10 heteroatoms. The van der Waals surface area contributed by atoms with E-state index in [9.17, 15) is 14.9 Å². The van der Waals surface area contributed by atoms with Crippen molar-refractivity contribution in [1.29, 1.82) is 0 Å². The number of thiazole rings is 1. The van der Waals surface area contributed by atoms with Gasteiger partial charge in [-0.1, -0.05) is 28.7 Å². The fraction of sp³-hybridized carbons (Fsp3) is 0.333. The number of hydrogen-bond acceptors (Lipinski definition) is 8. The molecule has 0 saturated heterocycles. The Morgan fingerprint density at radius 2 is 2.00 bits per heavy atom. The highest BCUT2D eigenvalue weighted by Crippen LogP contribution is 2.35. The van der Waals surface area contributed by atoms with Crippen molar-refractivity contribution in [3.8, 4) is 5.75 Å². The number of ether oxygens (including phenoxy) is 1. The zero-order chi connectivity index (χ0) is 20.3. The first-order chi connectivity index (χ1) is 13.4. The molecule has 3 aromatic rings. The minimum Gasteiger partial charge on any atom is -0.492 e. The van der Waals surface area contributed by atoms with Crippen molar-refractivity contribution in [3.63, 3.8) is 0 Å². The summed E-state index contributed by atoms with van der Waals surface area (Å²) in [6.07, 6.45) is 0. The lowest BCUT2D eigenvalue weighted by Crippen LogP contribution is -2.36. The summed E-state index contributed by atoms with van der Waals surface area (Å²) in [5.41, 5.74) is 0.712. The molecule has 1 amide bonds. The molecule has 0 N–H and O–H groups in total. The third kappa shape index (κ3) is 4.29. The molecule has 148 valence electrons. The zero-order valence-corrected chi connectivity index (χ0v) is 17.4. The maximum Gasteiger partial charge on any atom is 0.324 e. The summed E-state index contributed by atoms with van der Waals surface area (Å²) in [6, 6.07) is 8.53. The molecular formula is C18H20N4O4S2. The van der Waals surface area contributed by atoms with Gasteiger partial charge in [0.05, 0.1) is 21.1 Å². The maximum absolute atomic E-state index is 13.1. The number of anilines is 1. The highest BCUT2D eigenvalue weighted by molar-refractivity contribution is 7.22. The Balaban J connectivity index is 1.99. The molecule has 8 nitrogen and oxygen atoms in total. The molecule has 0 aliphatic heterocycles. The summed E-state index contributed by atoms with van der Waals surface area (Å²) < 4.78 is 6.56. The molecule has 0 aliphatic rings. The quantitative estimate of drug-likeness (QED) is 0.406. The Kier molecular flexibility index (Phi) is 6.22. The molecule has 2 aromatic heterocycles. The number of benzene rings is 1. The molecule has 3 rings (SSSR count). The van der Waals surface area contributed by atoms with Crippen LogP contribution in [0.4, 0.5) is 10.1 Å². The van der Waals surface area contributed by atoms with Crippen LogP contribution < -0.4 is 9.64 Å². The van der Waals surface area contributed by atoms with E-state index in [0.29, 0.717) is 41.0 Å². The van der Waals surface area contributed by atoms with Crippen LogP contribution in [0.25, 0.3) is 10.2 Å². The summed E-state index contributed by atoms with van der Waals surface area (Å²) in [4.78, 5) is 32.1. The summed E-state index contributed by atoms with van der Waals surface area (Å²) >= 11 is 2.27. The number of hydrogen-bond donors (Lipinski definition) is 0. The molecule has 0 bridgehead atoms. The van der Waals surface area contributed by atoms with E-state index >= 15 is 0 Å². The fourth-order valence-electron chi connectivity index (χ4n) is 2.56. The monoisotopic (exact) mass is 420 g/mol. The number of amides is 1. The van der Waals surface area contributed by atoms with Crippen LogP contribution in [-0.4, -0.2) is 54.5 Å². The number of carbonyl (C=O) groups is 1. The molecule has 0 saturated carbocycles. The Labute approximate surface area is 170 Å². The number of rotatable bonds is 8. The Hall–Kier alpha value is -2.56. The van der Waals surface area contributed by atoms with Gasteiger partial charge < -0.3 is 9.64 Å². The van der Waals surface area contributed by atoms with Crippen LogP contribution in [0.2, 0.25) is 0 Å². The first kappa shape index (κ1) is 20.2. The number of para-hydroxylation sites is 1.